The second kappa shape index (κ2) is 15.0. The molecule has 0 saturated heterocycles. The van der Waals surface area contributed by atoms with Gasteiger partial charge in [-0.25, -0.2) is 0 Å². The molecular formula is C22H31F6N5O2. The van der Waals surface area contributed by atoms with E-state index in [1.54, 1.807) is 32.0 Å². The highest BCUT2D eigenvalue weighted by Gasteiger charge is 2.37. The van der Waals surface area contributed by atoms with Crippen molar-refractivity contribution in [3.05, 3.63) is 47.6 Å². The molecule has 1 aromatic rings. The summed E-state index contributed by atoms with van der Waals surface area (Å²) in [4.78, 5) is 6.89. The molecule has 1 aromatic heterocycles. The summed E-state index contributed by atoms with van der Waals surface area (Å²) in [6.45, 7) is 10.00. The molecule has 0 aliphatic rings. The van der Waals surface area contributed by atoms with Gasteiger partial charge in [-0.2, -0.15) is 13.2 Å². The second-order valence-electron chi connectivity index (χ2n) is 6.74. The summed E-state index contributed by atoms with van der Waals surface area (Å²) in [7, 11) is 3.56. The zero-order valence-electron chi connectivity index (χ0n) is 20.5. The molecule has 0 radical (unpaired) electrons. The van der Waals surface area contributed by atoms with Gasteiger partial charge in [-0.15, -0.1) is 23.4 Å². The summed E-state index contributed by atoms with van der Waals surface area (Å²) >= 11 is 0. The van der Waals surface area contributed by atoms with Crippen LogP contribution >= 0.6 is 0 Å². The number of hydrogen-bond donors (Lipinski definition) is 0. The number of aromatic nitrogens is 3. The molecule has 0 fully saturated rings. The average Bonchev–Trinajstić information content (AvgIpc) is 3.18. The predicted octanol–water partition coefficient (Wildman–Crippen LogP) is 6.15. The fraction of sp³-hybridized carbons (Fsp3) is 0.500. The van der Waals surface area contributed by atoms with Crippen molar-refractivity contribution in [2.45, 2.75) is 46.7 Å². The third-order valence-corrected chi connectivity index (χ3v) is 3.99. The quantitative estimate of drug-likeness (QED) is 0.0942. The average molecular weight is 512 g/mol. The topological polar surface area (TPSA) is 64.8 Å². The molecule has 1 heterocycles. The highest BCUT2D eigenvalue weighted by atomic mass is 19.4. The van der Waals surface area contributed by atoms with Crippen LogP contribution in [0, 0.1) is 0 Å². The number of amidine groups is 1. The lowest BCUT2D eigenvalue weighted by Gasteiger charge is -2.11. The second-order valence-corrected chi connectivity index (χ2v) is 6.74. The van der Waals surface area contributed by atoms with E-state index in [1.807, 2.05) is 13.8 Å². The molecule has 0 spiro atoms. The van der Waals surface area contributed by atoms with Crippen LogP contribution in [0.1, 0.15) is 45.8 Å². The number of nitrogens with zero attached hydrogens (tertiary/aromatic N) is 5. The van der Waals surface area contributed by atoms with Gasteiger partial charge in [0.25, 0.3) is 0 Å². The van der Waals surface area contributed by atoms with Crippen LogP contribution in [0.15, 0.2) is 41.1 Å². The van der Waals surface area contributed by atoms with E-state index in [-0.39, 0.29) is 18.9 Å². The Balaban J connectivity index is 0.00000562. The number of rotatable bonds is 10. The minimum atomic E-state index is -4.81. The fourth-order valence-electron chi connectivity index (χ4n) is 2.20. The Morgan fingerprint density at radius 1 is 1.11 bits per heavy atom. The number of ether oxygens (including phenoxy) is 1. The van der Waals surface area contributed by atoms with E-state index in [0.29, 0.717) is 21.5 Å². The molecule has 0 aliphatic carbocycles. The molecule has 198 valence electrons. The first-order valence-electron chi connectivity index (χ1n) is 10.5. The largest absolute Gasteiger partial charge is 0.522 e. The van der Waals surface area contributed by atoms with Gasteiger partial charge >= 0.3 is 12.5 Å². The van der Waals surface area contributed by atoms with Crippen LogP contribution in [-0.2, 0) is 15.8 Å². The van der Waals surface area contributed by atoms with Crippen molar-refractivity contribution >= 4 is 18.1 Å². The smallest absolute Gasteiger partial charge is 0.394 e. The molecule has 0 N–H and O–H groups in total. The van der Waals surface area contributed by atoms with Gasteiger partial charge in [-0.3, -0.25) is 9.30 Å². The van der Waals surface area contributed by atoms with Crippen molar-refractivity contribution < 1.29 is 35.9 Å². The molecule has 1 rings (SSSR count). The normalized spacial score (nSPS) is 13.5. The highest BCUT2D eigenvalue weighted by Crippen LogP contribution is 2.29. The van der Waals surface area contributed by atoms with Crippen molar-refractivity contribution in [1.82, 2.24) is 19.7 Å². The number of hydrogen-bond acceptors (Lipinski definition) is 5. The van der Waals surface area contributed by atoms with E-state index < -0.39 is 25.0 Å². The molecule has 7 nitrogen and oxygen atoms in total. The molecule has 0 unspecified atom stereocenters. The maximum absolute atomic E-state index is 13.2. The van der Waals surface area contributed by atoms with Gasteiger partial charge in [0.15, 0.2) is 5.82 Å². The van der Waals surface area contributed by atoms with Crippen molar-refractivity contribution in [3.8, 4) is 0 Å². The summed E-state index contributed by atoms with van der Waals surface area (Å²) in [5, 5.41) is 10.5. The van der Waals surface area contributed by atoms with E-state index in [1.165, 1.54) is 13.0 Å². The van der Waals surface area contributed by atoms with Gasteiger partial charge in [-0.1, -0.05) is 43.8 Å². The first-order chi connectivity index (χ1) is 16.3. The molecule has 0 bridgehead atoms. The standard InChI is InChI=1S/C20H25F6N5O2.C2H6/c1-6-17-27-28-18(19(21,22)23)31(17)13-14(2)16(9-7-11-32-20(24,25)26)10-8-12-33-29-15(3)30(4)5;1-2/h6-7,9-10,13H,1,8,11-12H2,2-5H3;1-2H3/b9-7-,14-13+,16-10+,29-15-;. The van der Waals surface area contributed by atoms with Crippen LogP contribution < -0.4 is 0 Å². The number of allylic oxidation sites excluding steroid dienone is 3. The number of halogens is 6. The molecular weight excluding hydrogens is 480 g/mol. The predicted molar refractivity (Wildman–Crippen MR) is 123 cm³/mol. The molecule has 0 saturated carbocycles. The Morgan fingerprint density at radius 3 is 2.26 bits per heavy atom. The molecule has 0 atom stereocenters. The van der Waals surface area contributed by atoms with Crippen LogP contribution in [-0.4, -0.2) is 59.2 Å². The van der Waals surface area contributed by atoms with E-state index >= 15 is 0 Å². The first-order valence-corrected chi connectivity index (χ1v) is 10.5. The molecule has 0 aliphatic heterocycles. The van der Waals surface area contributed by atoms with Crippen LogP contribution in [0.25, 0.3) is 12.3 Å². The lowest BCUT2D eigenvalue weighted by Crippen LogP contribution is -2.18. The summed E-state index contributed by atoms with van der Waals surface area (Å²) in [5.41, 5.74) is 0.633. The summed E-state index contributed by atoms with van der Waals surface area (Å²) in [5.74, 6) is -0.803. The van der Waals surface area contributed by atoms with Crippen LogP contribution in [0.5, 0.6) is 0 Å². The van der Waals surface area contributed by atoms with E-state index in [0.717, 1.165) is 18.4 Å². The first kappa shape index (κ1) is 31.9. The van der Waals surface area contributed by atoms with Crippen molar-refractivity contribution in [2.75, 3.05) is 27.3 Å². The van der Waals surface area contributed by atoms with Gasteiger partial charge < -0.3 is 9.74 Å². The third kappa shape index (κ3) is 12.3. The van der Waals surface area contributed by atoms with Crippen LogP contribution in [0.2, 0.25) is 0 Å². The minimum Gasteiger partial charge on any atom is -0.394 e. The van der Waals surface area contributed by atoms with E-state index in [4.69, 9.17) is 4.84 Å². The van der Waals surface area contributed by atoms with Crippen molar-refractivity contribution in [1.29, 1.82) is 0 Å². The Kier molecular flexibility index (Phi) is 13.7. The minimum absolute atomic E-state index is 0.132. The number of oxime groups is 1. The van der Waals surface area contributed by atoms with Gasteiger partial charge in [-0.05, 0) is 31.1 Å². The van der Waals surface area contributed by atoms with Gasteiger partial charge in [0.1, 0.15) is 12.4 Å². The maximum Gasteiger partial charge on any atom is 0.522 e. The monoisotopic (exact) mass is 511 g/mol. The van der Waals surface area contributed by atoms with Crippen molar-refractivity contribution in [2.24, 2.45) is 5.16 Å². The van der Waals surface area contributed by atoms with Crippen LogP contribution in [0.4, 0.5) is 26.3 Å². The fourth-order valence-corrected chi connectivity index (χ4v) is 2.20. The summed E-state index contributed by atoms with van der Waals surface area (Å²) in [6, 6.07) is 0. The van der Waals surface area contributed by atoms with Gasteiger partial charge in [0.2, 0.25) is 5.82 Å². The summed E-state index contributed by atoms with van der Waals surface area (Å²) < 4.78 is 80.7. The van der Waals surface area contributed by atoms with E-state index in [2.05, 4.69) is 26.7 Å². The lowest BCUT2D eigenvalue weighted by molar-refractivity contribution is -0.319. The zero-order valence-corrected chi connectivity index (χ0v) is 20.5. The highest BCUT2D eigenvalue weighted by molar-refractivity contribution is 5.78. The Labute approximate surface area is 201 Å². The molecule has 13 heteroatoms. The Hall–Kier alpha value is -3.09. The van der Waals surface area contributed by atoms with Crippen LogP contribution in [0.3, 0.4) is 0 Å². The van der Waals surface area contributed by atoms with Gasteiger partial charge in [0, 0.05) is 26.7 Å². The summed E-state index contributed by atoms with van der Waals surface area (Å²) in [6.07, 6.45) is -3.11. The van der Waals surface area contributed by atoms with E-state index in [9.17, 15) is 26.3 Å². The number of alkyl halides is 6. The van der Waals surface area contributed by atoms with Crippen molar-refractivity contribution in [3.63, 3.8) is 0 Å². The Bertz CT molecular complexity index is 912. The van der Waals surface area contributed by atoms with Gasteiger partial charge in [0.05, 0.1) is 6.61 Å². The zero-order chi connectivity index (χ0) is 27.2. The lowest BCUT2D eigenvalue weighted by atomic mass is 10.1. The Morgan fingerprint density at radius 2 is 1.74 bits per heavy atom. The third-order valence-electron chi connectivity index (χ3n) is 3.99. The molecule has 0 amide bonds. The SMILES string of the molecule is C=Cc1nnc(C(F)(F)F)n1/C=C(C)/C(/C=C\COC(F)(F)F)=C/CCO/N=C(/C)N(C)C.CC. The molecule has 35 heavy (non-hydrogen) atoms. The molecule has 0 aromatic carbocycles. The maximum atomic E-state index is 13.2.